The molecule has 1 aliphatic heterocycles. The first-order valence-electron chi connectivity index (χ1n) is 9.48. The number of piperidine rings is 1. The number of hydrogen-bond donors (Lipinski definition) is 0. The molecule has 1 aliphatic rings. The van der Waals surface area contributed by atoms with Gasteiger partial charge in [-0.1, -0.05) is 12.1 Å². The van der Waals surface area contributed by atoms with Crippen molar-refractivity contribution in [1.82, 2.24) is 24.6 Å². The van der Waals surface area contributed by atoms with Crippen molar-refractivity contribution < 1.29 is 9.53 Å². The Bertz CT molecular complexity index is 899. The number of hydrogen-bond acceptors (Lipinski definition) is 5. The average molecular weight is 377 g/mol. The van der Waals surface area contributed by atoms with Crippen molar-refractivity contribution in [3.63, 3.8) is 0 Å². The Labute approximate surface area is 164 Å². The summed E-state index contributed by atoms with van der Waals surface area (Å²) in [6.07, 6.45) is 7.12. The van der Waals surface area contributed by atoms with Gasteiger partial charge >= 0.3 is 0 Å². The van der Waals surface area contributed by atoms with Gasteiger partial charge in [0.25, 0.3) is 5.91 Å². The SMILES string of the molecule is Cc1ccc(OC2CCN(C(=O)c3ccc(Cn4ccnc4)cc3)CC2)nn1. The van der Waals surface area contributed by atoms with Crippen LogP contribution in [0.25, 0.3) is 0 Å². The summed E-state index contributed by atoms with van der Waals surface area (Å²) in [6, 6.07) is 11.5. The van der Waals surface area contributed by atoms with E-state index in [-0.39, 0.29) is 12.0 Å². The molecule has 28 heavy (non-hydrogen) atoms. The lowest BCUT2D eigenvalue weighted by Gasteiger charge is -2.32. The molecule has 1 amide bonds. The maximum atomic E-state index is 12.8. The van der Waals surface area contributed by atoms with Crippen LogP contribution in [0.2, 0.25) is 0 Å². The molecule has 0 unspecified atom stereocenters. The first-order valence-corrected chi connectivity index (χ1v) is 9.48. The van der Waals surface area contributed by atoms with Gasteiger partial charge in [-0.2, -0.15) is 5.10 Å². The summed E-state index contributed by atoms with van der Waals surface area (Å²) < 4.78 is 7.89. The van der Waals surface area contributed by atoms with Gasteiger partial charge in [-0.3, -0.25) is 4.79 Å². The van der Waals surface area contributed by atoms with Crippen molar-refractivity contribution in [2.75, 3.05) is 13.1 Å². The van der Waals surface area contributed by atoms with Crippen molar-refractivity contribution in [1.29, 1.82) is 0 Å². The van der Waals surface area contributed by atoms with Crippen LogP contribution in [0.15, 0.2) is 55.1 Å². The fourth-order valence-electron chi connectivity index (χ4n) is 3.32. The smallest absolute Gasteiger partial charge is 0.253 e. The Balaban J connectivity index is 1.30. The van der Waals surface area contributed by atoms with Crippen LogP contribution in [0.5, 0.6) is 5.88 Å². The van der Waals surface area contributed by atoms with Gasteiger partial charge in [0.15, 0.2) is 0 Å². The van der Waals surface area contributed by atoms with E-state index in [0.717, 1.165) is 36.2 Å². The molecule has 4 rings (SSSR count). The van der Waals surface area contributed by atoms with Gasteiger partial charge in [-0.25, -0.2) is 4.98 Å². The monoisotopic (exact) mass is 377 g/mol. The fourth-order valence-corrected chi connectivity index (χ4v) is 3.32. The lowest BCUT2D eigenvalue weighted by molar-refractivity contribution is 0.0586. The zero-order chi connectivity index (χ0) is 19.3. The second-order valence-electron chi connectivity index (χ2n) is 7.05. The summed E-state index contributed by atoms with van der Waals surface area (Å²) in [5, 5.41) is 8.06. The highest BCUT2D eigenvalue weighted by Crippen LogP contribution is 2.19. The molecular formula is C21H23N5O2. The topological polar surface area (TPSA) is 73.1 Å². The Hall–Kier alpha value is -3.22. The molecule has 3 aromatic rings. The van der Waals surface area contributed by atoms with Crippen LogP contribution < -0.4 is 4.74 Å². The first kappa shape index (κ1) is 18.2. The predicted octanol–water partition coefficient (Wildman–Crippen LogP) is 2.71. The van der Waals surface area contributed by atoms with Crippen molar-refractivity contribution >= 4 is 5.91 Å². The Morgan fingerprint density at radius 1 is 1.11 bits per heavy atom. The molecule has 3 heterocycles. The fraction of sp³-hybridized carbons (Fsp3) is 0.333. The number of amides is 1. The van der Waals surface area contributed by atoms with Crippen LogP contribution in [0.1, 0.15) is 34.5 Å². The molecule has 0 atom stereocenters. The summed E-state index contributed by atoms with van der Waals surface area (Å²) in [5.41, 5.74) is 2.72. The summed E-state index contributed by atoms with van der Waals surface area (Å²) in [4.78, 5) is 18.7. The Morgan fingerprint density at radius 3 is 2.54 bits per heavy atom. The van der Waals surface area contributed by atoms with Gasteiger partial charge < -0.3 is 14.2 Å². The normalized spacial score (nSPS) is 14.8. The predicted molar refractivity (Wildman–Crippen MR) is 104 cm³/mol. The standard InChI is InChI=1S/C21H23N5O2/c1-16-2-7-20(24-23-16)28-19-8-11-26(12-9-19)21(27)18-5-3-17(4-6-18)14-25-13-10-22-15-25/h2-7,10,13,15,19H,8-9,11-12,14H2,1H3. The van der Waals surface area contributed by atoms with Crippen LogP contribution >= 0.6 is 0 Å². The molecule has 7 heteroatoms. The maximum Gasteiger partial charge on any atom is 0.253 e. The minimum absolute atomic E-state index is 0.0682. The maximum absolute atomic E-state index is 12.8. The zero-order valence-electron chi connectivity index (χ0n) is 15.9. The summed E-state index contributed by atoms with van der Waals surface area (Å²) in [6.45, 7) is 4.00. The van der Waals surface area contributed by atoms with Crippen molar-refractivity contribution in [3.8, 4) is 5.88 Å². The highest BCUT2D eigenvalue weighted by Gasteiger charge is 2.25. The number of ether oxygens (including phenoxy) is 1. The molecule has 0 bridgehead atoms. The van der Waals surface area contributed by atoms with Crippen LogP contribution in [-0.2, 0) is 6.54 Å². The van der Waals surface area contributed by atoms with Gasteiger partial charge in [0.2, 0.25) is 5.88 Å². The largest absolute Gasteiger partial charge is 0.473 e. The molecule has 144 valence electrons. The number of nitrogens with zero attached hydrogens (tertiary/aromatic N) is 5. The van der Waals surface area contributed by atoms with Gasteiger partial charge in [0.1, 0.15) is 6.10 Å². The van der Waals surface area contributed by atoms with Crippen molar-refractivity contribution in [2.45, 2.75) is 32.4 Å². The molecule has 7 nitrogen and oxygen atoms in total. The highest BCUT2D eigenvalue weighted by molar-refractivity contribution is 5.94. The number of aromatic nitrogens is 4. The highest BCUT2D eigenvalue weighted by atomic mass is 16.5. The lowest BCUT2D eigenvalue weighted by atomic mass is 10.1. The first-order chi connectivity index (χ1) is 13.7. The molecule has 1 aromatic carbocycles. The van der Waals surface area contributed by atoms with E-state index in [1.807, 2.05) is 59.0 Å². The third kappa shape index (κ3) is 4.36. The van der Waals surface area contributed by atoms with Crippen molar-refractivity contribution in [3.05, 3.63) is 71.9 Å². The molecule has 0 saturated carbocycles. The molecule has 0 radical (unpaired) electrons. The van der Waals surface area contributed by atoms with Gasteiger partial charge in [0.05, 0.1) is 12.0 Å². The Morgan fingerprint density at radius 2 is 1.89 bits per heavy atom. The quantitative estimate of drug-likeness (QED) is 0.684. The molecule has 2 aromatic heterocycles. The number of benzene rings is 1. The minimum atomic E-state index is 0.0682. The minimum Gasteiger partial charge on any atom is -0.473 e. The van der Waals surface area contributed by atoms with E-state index in [1.165, 1.54) is 0 Å². The van der Waals surface area contributed by atoms with Crippen LogP contribution in [0, 0.1) is 6.92 Å². The second kappa shape index (κ2) is 8.21. The number of likely N-dealkylation sites (tertiary alicyclic amines) is 1. The van der Waals surface area contributed by atoms with E-state index in [9.17, 15) is 4.79 Å². The number of imidazole rings is 1. The number of carbonyl (C=O) groups excluding carboxylic acids is 1. The Kier molecular flexibility index (Phi) is 5.32. The molecular weight excluding hydrogens is 354 g/mol. The van der Waals surface area contributed by atoms with Gasteiger partial charge in [-0.15, -0.1) is 5.10 Å². The third-order valence-corrected chi connectivity index (χ3v) is 4.92. The number of carbonyl (C=O) groups is 1. The zero-order valence-corrected chi connectivity index (χ0v) is 15.9. The van der Waals surface area contributed by atoms with E-state index in [4.69, 9.17) is 4.74 Å². The summed E-state index contributed by atoms with van der Waals surface area (Å²) in [5.74, 6) is 0.617. The molecule has 0 aliphatic carbocycles. The summed E-state index contributed by atoms with van der Waals surface area (Å²) >= 11 is 0. The lowest BCUT2D eigenvalue weighted by Crippen LogP contribution is -2.41. The second-order valence-corrected chi connectivity index (χ2v) is 7.05. The van der Waals surface area contributed by atoms with Crippen LogP contribution in [0.4, 0.5) is 0 Å². The summed E-state index contributed by atoms with van der Waals surface area (Å²) in [7, 11) is 0. The number of rotatable bonds is 5. The van der Waals surface area contributed by atoms with E-state index in [2.05, 4.69) is 15.2 Å². The molecule has 0 N–H and O–H groups in total. The molecule has 1 saturated heterocycles. The van der Waals surface area contributed by atoms with E-state index >= 15 is 0 Å². The van der Waals surface area contributed by atoms with E-state index in [0.29, 0.717) is 19.0 Å². The van der Waals surface area contributed by atoms with Crippen LogP contribution in [0.3, 0.4) is 0 Å². The molecule has 0 spiro atoms. The van der Waals surface area contributed by atoms with E-state index < -0.39 is 0 Å². The van der Waals surface area contributed by atoms with Gasteiger partial charge in [0, 0.05) is 56.5 Å². The number of aryl methyl sites for hydroxylation is 1. The average Bonchev–Trinajstić information content (AvgIpc) is 3.23. The van der Waals surface area contributed by atoms with Crippen molar-refractivity contribution in [2.24, 2.45) is 0 Å². The van der Waals surface area contributed by atoms with Crippen LogP contribution in [-0.4, -0.2) is 49.7 Å². The van der Waals surface area contributed by atoms with Gasteiger partial charge in [-0.05, 0) is 30.7 Å². The third-order valence-electron chi connectivity index (χ3n) is 4.92. The molecule has 1 fully saturated rings. The van der Waals surface area contributed by atoms with E-state index in [1.54, 1.807) is 12.5 Å².